The van der Waals surface area contributed by atoms with Crippen molar-refractivity contribution in [3.8, 4) is 5.75 Å². The van der Waals surface area contributed by atoms with Crippen LogP contribution in [0.4, 0.5) is 18.9 Å². The number of halogens is 3. The standard InChI is InChI=1S/C20H21F3N4O3/c1-30-14-6-4-13(5-7-14)27-17(28)11-26(12-19(27)8-2-3-9-19)18(29)15-10-16(25-24-15)20(21,22)23/h4-7,10H,2-3,8-9,11-12H2,1H3,(H,24,25). The Labute approximate surface area is 170 Å². The average molecular weight is 422 g/mol. The number of hydrogen-bond acceptors (Lipinski definition) is 4. The van der Waals surface area contributed by atoms with Crippen molar-refractivity contribution in [1.82, 2.24) is 15.1 Å². The summed E-state index contributed by atoms with van der Waals surface area (Å²) < 4.78 is 43.7. The zero-order chi connectivity index (χ0) is 21.5. The molecule has 2 aliphatic rings. The van der Waals surface area contributed by atoms with E-state index in [9.17, 15) is 22.8 Å². The number of benzene rings is 1. The molecule has 2 aromatic rings. The van der Waals surface area contributed by atoms with Crippen molar-refractivity contribution in [1.29, 1.82) is 0 Å². The molecule has 1 aliphatic heterocycles. The lowest BCUT2D eigenvalue weighted by Crippen LogP contribution is -2.65. The number of anilines is 1. The number of methoxy groups -OCH3 is 1. The molecular formula is C20H21F3N4O3. The van der Waals surface area contributed by atoms with Crippen LogP contribution >= 0.6 is 0 Å². The van der Waals surface area contributed by atoms with Gasteiger partial charge in [0, 0.05) is 18.3 Å². The van der Waals surface area contributed by atoms with Gasteiger partial charge in [-0.25, -0.2) is 0 Å². The van der Waals surface area contributed by atoms with E-state index in [2.05, 4.69) is 5.10 Å². The summed E-state index contributed by atoms with van der Waals surface area (Å²) in [5, 5.41) is 5.37. The molecule has 1 saturated carbocycles. The minimum Gasteiger partial charge on any atom is -0.497 e. The van der Waals surface area contributed by atoms with Crippen molar-refractivity contribution in [3.63, 3.8) is 0 Å². The molecule has 2 heterocycles. The molecular weight excluding hydrogens is 401 g/mol. The lowest BCUT2D eigenvalue weighted by atomic mass is 9.90. The second kappa shape index (κ2) is 7.33. The number of aromatic amines is 1. The number of ether oxygens (including phenoxy) is 1. The molecule has 0 unspecified atom stereocenters. The first-order chi connectivity index (χ1) is 14.2. The van der Waals surface area contributed by atoms with E-state index in [-0.39, 0.29) is 24.7 Å². The molecule has 30 heavy (non-hydrogen) atoms. The number of carbonyl (C=O) groups is 2. The molecule has 2 amide bonds. The smallest absolute Gasteiger partial charge is 0.432 e. The summed E-state index contributed by atoms with van der Waals surface area (Å²) in [5.41, 5.74) is -1.30. The Morgan fingerprint density at radius 1 is 1.20 bits per heavy atom. The maximum atomic E-state index is 13.1. The van der Waals surface area contributed by atoms with Crippen LogP contribution < -0.4 is 9.64 Å². The number of alkyl halides is 3. The van der Waals surface area contributed by atoms with E-state index < -0.39 is 23.3 Å². The zero-order valence-electron chi connectivity index (χ0n) is 16.3. The Hall–Kier alpha value is -3.04. The summed E-state index contributed by atoms with van der Waals surface area (Å²) >= 11 is 0. The van der Waals surface area contributed by atoms with E-state index in [1.807, 2.05) is 5.10 Å². The summed E-state index contributed by atoms with van der Waals surface area (Å²) in [4.78, 5) is 29.0. The van der Waals surface area contributed by atoms with E-state index >= 15 is 0 Å². The Balaban J connectivity index is 1.61. The number of nitrogens with one attached hydrogen (secondary N) is 1. The minimum absolute atomic E-state index is 0.221. The van der Waals surface area contributed by atoms with E-state index in [4.69, 9.17) is 4.74 Å². The summed E-state index contributed by atoms with van der Waals surface area (Å²) in [5.74, 6) is -0.288. The molecule has 1 aliphatic carbocycles. The van der Waals surface area contributed by atoms with Gasteiger partial charge < -0.3 is 14.5 Å². The van der Waals surface area contributed by atoms with Gasteiger partial charge in [-0.3, -0.25) is 14.7 Å². The van der Waals surface area contributed by atoms with Crippen LogP contribution in [0.25, 0.3) is 0 Å². The monoisotopic (exact) mass is 422 g/mol. The third-order valence-corrected chi connectivity index (χ3v) is 5.79. The van der Waals surface area contributed by atoms with Crippen molar-refractivity contribution in [2.75, 3.05) is 25.1 Å². The van der Waals surface area contributed by atoms with Crippen molar-refractivity contribution in [2.24, 2.45) is 0 Å². The lowest BCUT2D eigenvalue weighted by Gasteiger charge is -2.48. The number of carbonyl (C=O) groups excluding carboxylic acids is 2. The van der Waals surface area contributed by atoms with Crippen molar-refractivity contribution in [3.05, 3.63) is 41.7 Å². The minimum atomic E-state index is -4.62. The fraction of sp³-hybridized carbons (Fsp3) is 0.450. The molecule has 1 N–H and O–H groups in total. The Bertz CT molecular complexity index is 949. The van der Waals surface area contributed by atoms with Crippen LogP contribution in [0, 0.1) is 0 Å². The van der Waals surface area contributed by atoms with Gasteiger partial charge >= 0.3 is 6.18 Å². The first-order valence-electron chi connectivity index (χ1n) is 9.62. The number of aromatic nitrogens is 2. The van der Waals surface area contributed by atoms with Crippen LogP contribution in [0.2, 0.25) is 0 Å². The molecule has 0 bridgehead atoms. The highest BCUT2D eigenvalue weighted by Gasteiger charge is 2.49. The Morgan fingerprint density at radius 2 is 1.87 bits per heavy atom. The van der Waals surface area contributed by atoms with Gasteiger partial charge in [-0.15, -0.1) is 0 Å². The van der Waals surface area contributed by atoms with Crippen LogP contribution in [-0.2, 0) is 11.0 Å². The summed E-state index contributed by atoms with van der Waals surface area (Å²) in [6.07, 6.45) is -1.39. The third kappa shape index (κ3) is 3.50. The SMILES string of the molecule is COc1ccc(N2C(=O)CN(C(=O)c3cc(C(F)(F)F)[nH]n3)CC23CCCC3)cc1. The number of hydrogen-bond donors (Lipinski definition) is 1. The first-order valence-corrected chi connectivity index (χ1v) is 9.62. The molecule has 1 spiro atoms. The highest BCUT2D eigenvalue weighted by molar-refractivity contribution is 6.02. The maximum Gasteiger partial charge on any atom is 0.432 e. The second-order valence-corrected chi connectivity index (χ2v) is 7.68. The Kier molecular flexibility index (Phi) is 4.95. The van der Waals surface area contributed by atoms with Crippen LogP contribution in [0.15, 0.2) is 30.3 Å². The molecule has 1 saturated heterocycles. The molecule has 10 heteroatoms. The van der Waals surface area contributed by atoms with E-state index in [0.29, 0.717) is 30.3 Å². The fourth-order valence-electron chi connectivity index (χ4n) is 4.43. The fourth-order valence-corrected chi connectivity index (χ4v) is 4.43. The summed E-state index contributed by atoms with van der Waals surface area (Å²) in [6, 6.07) is 7.83. The van der Waals surface area contributed by atoms with Gasteiger partial charge in [-0.1, -0.05) is 12.8 Å². The van der Waals surface area contributed by atoms with Gasteiger partial charge in [0.15, 0.2) is 5.69 Å². The molecule has 7 nitrogen and oxygen atoms in total. The van der Waals surface area contributed by atoms with Crippen molar-refractivity contribution < 1.29 is 27.5 Å². The van der Waals surface area contributed by atoms with Crippen LogP contribution in [0.3, 0.4) is 0 Å². The van der Waals surface area contributed by atoms with Crippen LogP contribution in [0.5, 0.6) is 5.75 Å². The van der Waals surface area contributed by atoms with Gasteiger partial charge in [-0.2, -0.15) is 18.3 Å². The third-order valence-electron chi connectivity index (χ3n) is 5.79. The molecule has 160 valence electrons. The predicted molar refractivity (Wildman–Crippen MR) is 101 cm³/mol. The number of nitrogens with zero attached hydrogens (tertiary/aromatic N) is 3. The molecule has 4 rings (SSSR count). The summed E-state index contributed by atoms with van der Waals surface area (Å²) in [6.45, 7) is 0.0264. The van der Waals surface area contributed by atoms with E-state index in [1.165, 1.54) is 4.90 Å². The topological polar surface area (TPSA) is 78.5 Å². The number of rotatable bonds is 3. The van der Waals surface area contributed by atoms with Gasteiger partial charge in [0.2, 0.25) is 5.91 Å². The van der Waals surface area contributed by atoms with Gasteiger partial charge in [0.1, 0.15) is 18.0 Å². The molecule has 0 atom stereocenters. The van der Waals surface area contributed by atoms with Gasteiger partial charge in [-0.05, 0) is 37.1 Å². The highest BCUT2D eigenvalue weighted by atomic mass is 19.4. The first kappa shape index (κ1) is 20.2. The zero-order valence-corrected chi connectivity index (χ0v) is 16.3. The second-order valence-electron chi connectivity index (χ2n) is 7.68. The van der Waals surface area contributed by atoms with Crippen molar-refractivity contribution >= 4 is 17.5 Å². The molecule has 0 radical (unpaired) electrons. The Morgan fingerprint density at radius 3 is 2.43 bits per heavy atom. The van der Waals surface area contributed by atoms with Crippen LogP contribution in [0.1, 0.15) is 41.9 Å². The maximum absolute atomic E-state index is 13.1. The van der Waals surface area contributed by atoms with Crippen LogP contribution in [-0.4, -0.2) is 52.6 Å². The number of H-pyrrole nitrogens is 1. The normalized spacial score (nSPS) is 18.9. The number of amides is 2. The van der Waals surface area contributed by atoms with E-state index in [0.717, 1.165) is 12.8 Å². The van der Waals surface area contributed by atoms with E-state index in [1.54, 1.807) is 36.3 Å². The predicted octanol–water partition coefficient (Wildman–Crippen LogP) is 3.24. The average Bonchev–Trinajstić information content (AvgIpc) is 3.37. The largest absolute Gasteiger partial charge is 0.497 e. The molecule has 2 fully saturated rings. The lowest BCUT2D eigenvalue weighted by molar-refractivity contribution is -0.141. The highest BCUT2D eigenvalue weighted by Crippen LogP contribution is 2.42. The molecule has 1 aromatic heterocycles. The van der Waals surface area contributed by atoms with Crippen molar-refractivity contribution in [2.45, 2.75) is 37.4 Å². The quantitative estimate of drug-likeness (QED) is 0.824. The van der Waals surface area contributed by atoms with Gasteiger partial charge in [0.05, 0.1) is 12.6 Å². The van der Waals surface area contributed by atoms with Gasteiger partial charge in [0.25, 0.3) is 5.91 Å². The number of piperazine rings is 1. The summed E-state index contributed by atoms with van der Waals surface area (Å²) in [7, 11) is 1.56. The molecule has 1 aromatic carbocycles.